The van der Waals surface area contributed by atoms with Crippen molar-refractivity contribution in [2.24, 2.45) is 0 Å². The highest BCUT2D eigenvalue weighted by molar-refractivity contribution is 6.31. The lowest BCUT2D eigenvalue weighted by Crippen LogP contribution is -2.51. The quantitative estimate of drug-likeness (QED) is 0.688. The van der Waals surface area contributed by atoms with Crippen molar-refractivity contribution in [3.05, 3.63) is 46.1 Å². The molecular weight excluding hydrogens is 330 g/mol. The van der Waals surface area contributed by atoms with E-state index in [0.29, 0.717) is 22.8 Å². The molecule has 6 nitrogen and oxygen atoms in total. The standard InChI is InChI=1S/C17H22ClN3O3/c1-4-24-16(22)15-11(3)20-17(23)21-14(15)9-19-10(2)12-7-5-6-8-13(12)18/h5-8,10-11,19H,4,9H2,1-3H3,(H2,20,21,23). The largest absolute Gasteiger partial charge is 0.463 e. The Balaban J connectivity index is 2.17. The van der Waals surface area contributed by atoms with E-state index in [1.807, 2.05) is 31.2 Å². The molecule has 2 atom stereocenters. The smallest absolute Gasteiger partial charge is 0.337 e. The zero-order valence-electron chi connectivity index (χ0n) is 14.0. The summed E-state index contributed by atoms with van der Waals surface area (Å²) in [6.45, 7) is 6.06. The molecule has 0 spiro atoms. The number of rotatable bonds is 6. The van der Waals surface area contributed by atoms with E-state index in [0.717, 1.165) is 5.56 Å². The SMILES string of the molecule is CCOC(=O)C1=C(CNC(C)c2ccccc2Cl)NC(=O)NC1C. The fourth-order valence-electron chi connectivity index (χ4n) is 2.61. The summed E-state index contributed by atoms with van der Waals surface area (Å²) in [6.07, 6.45) is 0. The van der Waals surface area contributed by atoms with Gasteiger partial charge in [0, 0.05) is 23.3 Å². The van der Waals surface area contributed by atoms with Crippen molar-refractivity contribution in [2.75, 3.05) is 13.2 Å². The maximum absolute atomic E-state index is 12.2. The Morgan fingerprint density at radius 2 is 2.12 bits per heavy atom. The van der Waals surface area contributed by atoms with E-state index in [-0.39, 0.29) is 18.7 Å². The fraction of sp³-hybridized carbons (Fsp3) is 0.412. The number of halogens is 1. The summed E-state index contributed by atoms with van der Waals surface area (Å²) < 4.78 is 5.09. The molecule has 0 saturated heterocycles. The molecule has 1 heterocycles. The second-order valence-electron chi connectivity index (χ2n) is 5.56. The summed E-state index contributed by atoms with van der Waals surface area (Å²) in [7, 11) is 0. The third-order valence-electron chi connectivity index (χ3n) is 3.82. The molecule has 2 amide bonds. The Kier molecular flexibility index (Phi) is 6.23. The first-order valence-electron chi connectivity index (χ1n) is 7.89. The van der Waals surface area contributed by atoms with Crippen molar-refractivity contribution in [1.82, 2.24) is 16.0 Å². The lowest BCUT2D eigenvalue weighted by atomic mass is 10.0. The zero-order valence-corrected chi connectivity index (χ0v) is 14.7. The van der Waals surface area contributed by atoms with Crippen LogP contribution in [0, 0.1) is 0 Å². The maximum atomic E-state index is 12.2. The minimum Gasteiger partial charge on any atom is -0.463 e. The molecule has 0 aliphatic carbocycles. The fourth-order valence-corrected chi connectivity index (χ4v) is 2.91. The van der Waals surface area contributed by atoms with Crippen molar-refractivity contribution < 1.29 is 14.3 Å². The Hall–Kier alpha value is -2.05. The third-order valence-corrected chi connectivity index (χ3v) is 4.17. The predicted octanol–water partition coefficient (Wildman–Crippen LogP) is 2.51. The van der Waals surface area contributed by atoms with Gasteiger partial charge in [0.05, 0.1) is 18.2 Å². The van der Waals surface area contributed by atoms with Gasteiger partial charge in [-0.2, -0.15) is 0 Å². The monoisotopic (exact) mass is 351 g/mol. The van der Waals surface area contributed by atoms with Crippen LogP contribution in [0.4, 0.5) is 4.79 Å². The molecule has 1 aliphatic rings. The van der Waals surface area contributed by atoms with Gasteiger partial charge in [0.2, 0.25) is 0 Å². The topological polar surface area (TPSA) is 79.5 Å². The highest BCUT2D eigenvalue weighted by Crippen LogP contribution is 2.22. The number of benzene rings is 1. The Morgan fingerprint density at radius 1 is 1.42 bits per heavy atom. The highest BCUT2D eigenvalue weighted by Gasteiger charge is 2.29. The molecule has 1 aromatic rings. The first-order chi connectivity index (χ1) is 11.4. The van der Waals surface area contributed by atoms with Crippen LogP contribution < -0.4 is 16.0 Å². The second-order valence-corrected chi connectivity index (χ2v) is 5.96. The predicted molar refractivity (Wildman–Crippen MR) is 92.7 cm³/mol. The van der Waals surface area contributed by atoms with E-state index in [4.69, 9.17) is 16.3 Å². The molecule has 2 unspecified atom stereocenters. The van der Waals surface area contributed by atoms with E-state index in [1.54, 1.807) is 13.8 Å². The molecule has 1 aliphatic heterocycles. The molecule has 7 heteroatoms. The van der Waals surface area contributed by atoms with Crippen LogP contribution in [0.5, 0.6) is 0 Å². The number of carbonyl (C=O) groups excluding carboxylic acids is 2. The molecule has 0 fully saturated rings. The van der Waals surface area contributed by atoms with Crippen LogP contribution in [0.3, 0.4) is 0 Å². The molecule has 24 heavy (non-hydrogen) atoms. The number of ether oxygens (including phenoxy) is 1. The second kappa shape index (κ2) is 8.17. The molecule has 0 aromatic heterocycles. The Bertz CT molecular complexity index is 660. The molecule has 130 valence electrons. The van der Waals surface area contributed by atoms with Crippen LogP contribution >= 0.6 is 11.6 Å². The van der Waals surface area contributed by atoms with Gasteiger partial charge in [0.25, 0.3) is 0 Å². The lowest BCUT2D eigenvalue weighted by Gasteiger charge is -2.27. The van der Waals surface area contributed by atoms with E-state index in [9.17, 15) is 9.59 Å². The third kappa shape index (κ3) is 4.27. The molecule has 3 N–H and O–H groups in total. The van der Waals surface area contributed by atoms with Crippen LogP contribution in [0.25, 0.3) is 0 Å². The van der Waals surface area contributed by atoms with Gasteiger partial charge in [-0.05, 0) is 32.4 Å². The van der Waals surface area contributed by atoms with Crippen molar-refractivity contribution in [3.63, 3.8) is 0 Å². The van der Waals surface area contributed by atoms with E-state index >= 15 is 0 Å². The summed E-state index contributed by atoms with van der Waals surface area (Å²) >= 11 is 6.20. The average molecular weight is 352 g/mol. The first kappa shape index (κ1) is 18.3. The van der Waals surface area contributed by atoms with Crippen molar-refractivity contribution in [2.45, 2.75) is 32.9 Å². The van der Waals surface area contributed by atoms with Gasteiger partial charge in [-0.25, -0.2) is 9.59 Å². The van der Waals surface area contributed by atoms with E-state index in [2.05, 4.69) is 16.0 Å². The van der Waals surface area contributed by atoms with Crippen LogP contribution in [-0.2, 0) is 9.53 Å². The van der Waals surface area contributed by atoms with Crippen molar-refractivity contribution in [3.8, 4) is 0 Å². The van der Waals surface area contributed by atoms with Crippen molar-refractivity contribution >= 4 is 23.6 Å². The normalized spacial score (nSPS) is 18.7. The molecule has 0 bridgehead atoms. The van der Waals surface area contributed by atoms with Crippen LogP contribution in [0.2, 0.25) is 5.02 Å². The van der Waals surface area contributed by atoms with Gasteiger partial charge in [-0.1, -0.05) is 29.8 Å². The number of hydrogen-bond acceptors (Lipinski definition) is 4. The number of urea groups is 1. The molecular formula is C17H22ClN3O3. The molecule has 2 rings (SSSR count). The van der Waals surface area contributed by atoms with Gasteiger partial charge in [0.1, 0.15) is 0 Å². The summed E-state index contributed by atoms with van der Waals surface area (Å²) in [6, 6.07) is 6.75. The summed E-state index contributed by atoms with van der Waals surface area (Å²) in [4.78, 5) is 23.9. The number of esters is 1. The zero-order chi connectivity index (χ0) is 17.7. The first-order valence-corrected chi connectivity index (χ1v) is 8.27. The Labute approximate surface area is 146 Å². The van der Waals surface area contributed by atoms with Crippen LogP contribution in [0.15, 0.2) is 35.5 Å². The maximum Gasteiger partial charge on any atom is 0.337 e. The molecule has 0 saturated carbocycles. The number of nitrogens with one attached hydrogen (secondary N) is 3. The Morgan fingerprint density at radius 3 is 2.79 bits per heavy atom. The summed E-state index contributed by atoms with van der Waals surface area (Å²) in [5, 5.41) is 9.31. The number of hydrogen-bond donors (Lipinski definition) is 3. The average Bonchev–Trinajstić information content (AvgIpc) is 2.52. The van der Waals surface area contributed by atoms with Crippen molar-refractivity contribution in [1.29, 1.82) is 0 Å². The van der Waals surface area contributed by atoms with Crippen LogP contribution in [0.1, 0.15) is 32.4 Å². The minimum absolute atomic E-state index is 0.0447. The van der Waals surface area contributed by atoms with Crippen LogP contribution in [-0.4, -0.2) is 31.2 Å². The minimum atomic E-state index is -0.431. The number of amides is 2. The highest BCUT2D eigenvalue weighted by atomic mass is 35.5. The molecule has 0 radical (unpaired) electrons. The summed E-state index contributed by atoms with van der Waals surface area (Å²) in [5.41, 5.74) is 1.89. The van der Waals surface area contributed by atoms with Gasteiger partial charge in [-0.3, -0.25) is 0 Å². The summed E-state index contributed by atoms with van der Waals surface area (Å²) in [5.74, 6) is -0.431. The number of carbonyl (C=O) groups is 2. The van der Waals surface area contributed by atoms with Gasteiger partial charge in [-0.15, -0.1) is 0 Å². The lowest BCUT2D eigenvalue weighted by molar-refractivity contribution is -0.139. The van der Waals surface area contributed by atoms with Gasteiger partial charge in [0.15, 0.2) is 0 Å². The van der Waals surface area contributed by atoms with E-state index in [1.165, 1.54) is 0 Å². The van der Waals surface area contributed by atoms with Gasteiger partial charge >= 0.3 is 12.0 Å². The molecule has 1 aromatic carbocycles. The van der Waals surface area contributed by atoms with Gasteiger partial charge < -0.3 is 20.7 Å². The van der Waals surface area contributed by atoms with E-state index < -0.39 is 12.0 Å².